The van der Waals surface area contributed by atoms with Gasteiger partial charge in [0.05, 0.1) is 45.6 Å². The van der Waals surface area contributed by atoms with Gasteiger partial charge in [-0.1, -0.05) is 39.0 Å². The highest BCUT2D eigenvalue weighted by Gasteiger charge is 2.34. The number of anilines is 1. The molecule has 107 heavy (non-hydrogen) atoms. The number of imidazole rings is 1. The zero-order valence-corrected chi connectivity index (χ0v) is 61.7. The predicted octanol–water partition coefficient (Wildman–Crippen LogP) is -3.17. The van der Waals surface area contributed by atoms with Crippen molar-refractivity contribution in [3.05, 3.63) is 94.8 Å². The van der Waals surface area contributed by atoms with E-state index in [1.807, 2.05) is 6.26 Å². The summed E-state index contributed by atoms with van der Waals surface area (Å²) in [5.41, 5.74) is 13.6. The molecular formula is C69H99N19O18S. The van der Waals surface area contributed by atoms with Gasteiger partial charge in [0.1, 0.15) is 41.9 Å². The number of aryl methyl sites for hydroxylation is 1. The van der Waals surface area contributed by atoms with Crippen LogP contribution in [0.1, 0.15) is 87.5 Å². The van der Waals surface area contributed by atoms with Crippen LogP contribution in [0.15, 0.2) is 72.5 Å². The monoisotopic (exact) mass is 1510 g/mol. The molecule has 0 saturated carbocycles. The Morgan fingerprint density at radius 3 is 1.73 bits per heavy atom. The number of nitrogens with two attached hydrogens (primary N) is 2. The largest absolute Gasteiger partial charge is 0.480 e. The number of aromatic amines is 2. The second-order valence-corrected chi connectivity index (χ2v) is 27.1. The quantitative estimate of drug-likeness (QED) is 0.0195. The van der Waals surface area contributed by atoms with Crippen molar-refractivity contribution in [2.45, 2.75) is 116 Å². The van der Waals surface area contributed by atoms with Gasteiger partial charge in [-0.3, -0.25) is 91.5 Å². The summed E-state index contributed by atoms with van der Waals surface area (Å²) in [5, 5.41) is 55.2. The van der Waals surface area contributed by atoms with Gasteiger partial charge in [0.15, 0.2) is 0 Å². The van der Waals surface area contributed by atoms with Crippen LogP contribution in [0.5, 0.6) is 0 Å². The van der Waals surface area contributed by atoms with Crippen LogP contribution >= 0.6 is 11.8 Å². The maximum atomic E-state index is 14.5. The molecule has 2 aromatic heterocycles. The average molecular weight is 1510 g/mol. The lowest BCUT2D eigenvalue weighted by molar-refractivity contribution is -0.140. The second-order valence-electron chi connectivity index (χ2n) is 26.1. The van der Waals surface area contributed by atoms with Crippen LogP contribution in [0.4, 0.5) is 5.69 Å². The first-order valence-corrected chi connectivity index (χ1v) is 36.0. The topological polar surface area (TPSA) is 547 Å². The first-order chi connectivity index (χ1) is 50.7. The Labute approximate surface area is 621 Å². The molecule has 0 spiro atoms. The fraction of sp³-hybridized carbons (Fsp3) is 0.507. The SMILES string of the molecule is CC/C(C)=C(\NC(=O)C(Cc1cnc[nH]1)NC(=O)CNC(=O)[C@@H](NC(=O)[C@H](C)NC(=O)[C@H](Cc1c[nH]c2ccccc12)NC(=O)C(CCC(N)=O)NC(=O)c1ccc(NC(=O)CNC(=O)CN2CCN(CC(=O)O)CCN(CC(=O)O)CCN(CC(=O)O)CC2)c(C)c1)C(C)C)C(=O)N[C@@H](CCSC)C(N)=O. The summed E-state index contributed by atoms with van der Waals surface area (Å²) in [5.74, 6) is -13.1. The van der Waals surface area contributed by atoms with E-state index in [1.54, 1.807) is 84.7 Å². The molecule has 1 fully saturated rings. The third-order valence-corrected chi connectivity index (χ3v) is 18.0. The number of nitrogens with one attached hydrogen (secondary N) is 12. The first kappa shape index (κ1) is 86.8. The number of aromatic nitrogens is 3. The Hall–Kier alpha value is -10.8. The van der Waals surface area contributed by atoms with E-state index >= 15 is 0 Å². The zero-order chi connectivity index (χ0) is 79.0. The van der Waals surface area contributed by atoms with E-state index < -0.39 is 150 Å². The number of primary amides is 2. The van der Waals surface area contributed by atoms with Gasteiger partial charge in [0.25, 0.3) is 11.8 Å². The number of benzene rings is 2. The number of amides is 12. The molecule has 12 amide bonds. The minimum Gasteiger partial charge on any atom is -0.480 e. The van der Waals surface area contributed by atoms with Crippen molar-refractivity contribution in [2.75, 3.05) is 109 Å². The summed E-state index contributed by atoms with van der Waals surface area (Å²) < 4.78 is 0. The lowest BCUT2D eigenvalue weighted by atomic mass is 10.0. The maximum Gasteiger partial charge on any atom is 0.317 e. The van der Waals surface area contributed by atoms with Gasteiger partial charge in [0, 0.05) is 112 Å². The Kier molecular flexibility index (Phi) is 35.4. The minimum absolute atomic E-state index is 0.00826. The molecule has 19 N–H and O–H groups in total. The number of allylic oxidation sites excluding steroid dienone is 1. The summed E-state index contributed by atoms with van der Waals surface area (Å²) in [4.78, 5) is 214. The molecule has 0 bridgehead atoms. The maximum absolute atomic E-state index is 14.5. The van der Waals surface area contributed by atoms with Crippen molar-refractivity contribution in [3.63, 3.8) is 0 Å². The molecule has 0 aliphatic carbocycles. The number of H-pyrrole nitrogens is 2. The third kappa shape index (κ3) is 29.9. The molecule has 2 unspecified atom stereocenters. The van der Waals surface area contributed by atoms with E-state index in [4.69, 9.17) is 11.5 Å². The molecule has 1 aliphatic heterocycles. The van der Waals surface area contributed by atoms with E-state index in [9.17, 15) is 87.2 Å². The highest BCUT2D eigenvalue weighted by molar-refractivity contribution is 7.98. The summed E-state index contributed by atoms with van der Waals surface area (Å²) in [6.45, 7) is 8.26. The van der Waals surface area contributed by atoms with E-state index in [1.165, 1.54) is 49.4 Å². The lowest BCUT2D eigenvalue weighted by Crippen LogP contribution is -2.59. The van der Waals surface area contributed by atoms with Gasteiger partial charge < -0.3 is 89.9 Å². The Morgan fingerprint density at radius 1 is 0.607 bits per heavy atom. The van der Waals surface area contributed by atoms with E-state index in [2.05, 4.69) is 68.1 Å². The van der Waals surface area contributed by atoms with Gasteiger partial charge in [-0.2, -0.15) is 11.8 Å². The third-order valence-electron chi connectivity index (χ3n) is 17.4. The van der Waals surface area contributed by atoms with Crippen LogP contribution in [-0.2, 0) is 80.0 Å². The summed E-state index contributed by atoms with van der Waals surface area (Å²) in [7, 11) is 0. The van der Waals surface area contributed by atoms with Crippen LogP contribution in [0, 0.1) is 12.8 Å². The van der Waals surface area contributed by atoms with Crippen molar-refractivity contribution >= 4 is 117 Å². The van der Waals surface area contributed by atoms with Gasteiger partial charge in [-0.25, -0.2) is 4.98 Å². The van der Waals surface area contributed by atoms with Crippen LogP contribution in [-0.4, -0.2) is 279 Å². The molecule has 1 aliphatic rings. The van der Waals surface area contributed by atoms with Crippen molar-refractivity contribution in [3.8, 4) is 0 Å². The fourth-order valence-corrected chi connectivity index (χ4v) is 11.7. The molecule has 584 valence electrons. The molecule has 6 atom stereocenters. The smallest absolute Gasteiger partial charge is 0.317 e. The van der Waals surface area contributed by atoms with Crippen LogP contribution < -0.4 is 64.6 Å². The molecule has 1 saturated heterocycles. The Balaban J connectivity index is 1.23. The number of carbonyl (C=O) groups is 15. The number of para-hydroxylation sites is 1. The normalized spacial score (nSPS) is 15.3. The van der Waals surface area contributed by atoms with Crippen LogP contribution in [0.2, 0.25) is 0 Å². The lowest BCUT2D eigenvalue weighted by Gasteiger charge is -2.32. The number of thioether (sulfide) groups is 1. The minimum atomic E-state index is -1.51. The standard InChI is InChI=1S/C69H99N19O18S/c1-8-40(4)61(69(106)80-49(62(71)99)17-26-107-7)84-67(104)52(29-45-31-72-38-76-45)79-55(91)33-75-68(105)60(39(2)3)83-63(100)42(6)77-66(103)51(28-44-30-73-48-12-10-9-11-46(44)48)82-65(102)50(15-16-53(70)89)81-64(101)43-13-14-47(41(5)27-43)78-54(90)32-74-56(92)34-85-18-20-86(35-57(93)94)22-24-88(37-59(97)98)25-23-87(21-19-85)36-58(95)96/h9-14,27,30-31,38-39,42,49-52,60,73H,8,15-26,28-29,32-37H2,1-7H3,(H2,70,89)(H2,71,99)(H,72,76)(H,74,92)(H,75,105)(H,77,103)(H,78,90)(H,79,91)(H,80,106)(H,81,101)(H,82,102)(H,83,100)(H,84,104)(H,93,94)(H,95,96)(H,97,98)/b61-40-/t42-,49-,50?,51-,52?,60-/m0/s1. The summed E-state index contributed by atoms with van der Waals surface area (Å²) in [6, 6.07) is 3.14. The zero-order valence-electron chi connectivity index (χ0n) is 60.9. The van der Waals surface area contributed by atoms with Gasteiger partial charge in [-0.15, -0.1) is 0 Å². The van der Waals surface area contributed by atoms with Crippen molar-refractivity contribution in [2.24, 2.45) is 17.4 Å². The molecule has 2 aromatic carbocycles. The summed E-state index contributed by atoms with van der Waals surface area (Å²) in [6.07, 6.45) is 5.68. The second kappa shape index (κ2) is 43.6. The molecule has 38 heteroatoms. The van der Waals surface area contributed by atoms with Gasteiger partial charge in [-0.05, 0) is 98.9 Å². The van der Waals surface area contributed by atoms with Gasteiger partial charge in [0.2, 0.25) is 59.1 Å². The number of hydrogen-bond acceptors (Lipinski definition) is 21. The van der Waals surface area contributed by atoms with E-state index in [0.29, 0.717) is 45.5 Å². The summed E-state index contributed by atoms with van der Waals surface area (Å²) >= 11 is 1.44. The molecule has 37 nitrogen and oxygen atoms in total. The Bertz CT molecular complexity index is 3820. The Morgan fingerprint density at radius 2 is 1.19 bits per heavy atom. The molecular weight excluding hydrogens is 1410 g/mol. The van der Waals surface area contributed by atoms with Crippen molar-refractivity contribution in [1.82, 2.24) is 82.4 Å². The highest BCUT2D eigenvalue weighted by Crippen LogP contribution is 2.21. The number of rotatable bonds is 40. The highest BCUT2D eigenvalue weighted by atomic mass is 32.2. The van der Waals surface area contributed by atoms with Crippen LogP contribution in [0.25, 0.3) is 10.9 Å². The number of hydrogen-bond donors (Lipinski definition) is 17. The number of carboxylic acids is 3. The number of fused-ring (bicyclic) bond motifs is 1. The average Bonchev–Trinajstić information content (AvgIpc) is 1.75. The van der Waals surface area contributed by atoms with E-state index in [0.717, 1.165) is 0 Å². The number of carboxylic acid groups (broad SMARTS) is 3. The first-order valence-electron chi connectivity index (χ1n) is 34.7. The van der Waals surface area contributed by atoms with Gasteiger partial charge >= 0.3 is 17.9 Å². The number of nitrogens with zero attached hydrogens (tertiary/aromatic N) is 5. The molecule has 4 aromatic rings. The fourth-order valence-electron chi connectivity index (χ4n) is 11.2. The van der Waals surface area contributed by atoms with Crippen molar-refractivity contribution < 1.29 is 87.2 Å². The molecule has 3 heterocycles. The molecule has 0 radical (unpaired) electrons. The predicted molar refractivity (Wildman–Crippen MR) is 392 cm³/mol. The van der Waals surface area contributed by atoms with E-state index in [-0.39, 0.29) is 121 Å². The van der Waals surface area contributed by atoms with Crippen LogP contribution in [0.3, 0.4) is 0 Å². The van der Waals surface area contributed by atoms with Crippen molar-refractivity contribution in [1.29, 1.82) is 0 Å². The number of aliphatic carboxylic acids is 3. The molecule has 5 rings (SSSR count). The number of carbonyl (C=O) groups excluding carboxylic acids is 12.